The molecule has 2 aromatic rings. The van der Waals surface area contributed by atoms with Crippen LogP contribution in [0.4, 0.5) is 0 Å². The van der Waals surface area contributed by atoms with Gasteiger partial charge in [0.1, 0.15) is 42.8 Å². The molecule has 1 saturated heterocycles. The Morgan fingerprint density at radius 1 is 0.970 bits per heavy atom. The summed E-state index contributed by atoms with van der Waals surface area (Å²) >= 11 is 6.44. The summed E-state index contributed by atoms with van der Waals surface area (Å²) < 4.78 is 11.8. The lowest BCUT2D eigenvalue weighted by atomic mass is 9.90. The molecule has 0 bridgehead atoms. The molecule has 3 aliphatic rings. The van der Waals surface area contributed by atoms with Gasteiger partial charge in [-0.2, -0.15) is 4.91 Å². The van der Waals surface area contributed by atoms with Crippen molar-refractivity contribution in [3.63, 3.8) is 0 Å². The van der Waals surface area contributed by atoms with Crippen LogP contribution in [0.15, 0.2) is 47.6 Å². The summed E-state index contributed by atoms with van der Waals surface area (Å²) in [5.41, 5.74) is 2.49. The lowest BCUT2D eigenvalue weighted by molar-refractivity contribution is -0.221. The minimum Gasteiger partial charge on any atom is -0.490 e. The third kappa shape index (κ3) is 4.79. The van der Waals surface area contributed by atoms with E-state index in [0.717, 1.165) is 28.7 Å². The number of aliphatic hydroxyl groups is 3. The monoisotopic (exact) mass is 473 g/mol. The molecule has 8 heteroatoms. The highest BCUT2D eigenvalue weighted by molar-refractivity contribution is 6.31. The number of halogens is 1. The fourth-order valence-electron chi connectivity index (χ4n) is 5.21. The number of aliphatic hydroxyl groups excluding tert-OH is 3. The molecule has 0 radical (unpaired) electrons. The topological polar surface area (TPSA) is 109 Å². The first kappa shape index (κ1) is 22.7. The summed E-state index contributed by atoms with van der Waals surface area (Å²) in [6.07, 6.45) is -1.51. The molecule has 0 aromatic heterocycles. The van der Waals surface area contributed by atoms with Crippen molar-refractivity contribution in [1.82, 2.24) is 0 Å². The smallest absolute Gasteiger partial charge is 0.119 e. The third-order valence-electron chi connectivity index (χ3n) is 7.19. The van der Waals surface area contributed by atoms with E-state index in [-0.39, 0.29) is 6.54 Å². The number of fused-ring (bicyclic) bond motifs is 1. The highest BCUT2D eigenvalue weighted by Crippen LogP contribution is 2.52. The van der Waals surface area contributed by atoms with Crippen molar-refractivity contribution in [2.45, 2.75) is 62.3 Å². The van der Waals surface area contributed by atoms with Crippen LogP contribution in [0.1, 0.15) is 42.1 Å². The second-order valence-corrected chi connectivity index (χ2v) is 9.92. The summed E-state index contributed by atoms with van der Waals surface area (Å²) in [7, 11) is 0. The molecular formula is C25H28ClNO6. The maximum absolute atomic E-state index is 10.7. The second kappa shape index (κ2) is 9.31. The summed E-state index contributed by atoms with van der Waals surface area (Å²) in [5.74, 6) is 2.64. The van der Waals surface area contributed by atoms with Gasteiger partial charge >= 0.3 is 0 Å². The minimum absolute atomic E-state index is 0.321. The van der Waals surface area contributed by atoms with Crippen LogP contribution in [0.2, 0.25) is 5.02 Å². The van der Waals surface area contributed by atoms with Gasteiger partial charge in [-0.15, -0.1) is 0 Å². The van der Waals surface area contributed by atoms with E-state index in [2.05, 4.69) is 5.18 Å². The maximum atomic E-state index is 10.7. The fraction of sp³-hybridized carbons (Fsp3) is 0.520. The predicted molar refractivity (Wildman–Crippen MR) is 122 cm³/mol. The molecule has 3 fully saturated rings. The number of rotatable bonds is 7. The quantitative estimate of drug-likeness (QED) is 0.532. The van der Waals surface area contributed by atoms with Gasteiger partial charge in [-0.25, -0.2) is 0 Å². The van der Waals surface area contributed by atoms with Crippen molar-refractivity contribution < 1.29 is 24.8 Å². The summed E-state index contributed by atoms with van der Waals surface area (Å²) in [6.45, 7) is -0.321. The summed E-state index contributed by atoms with van der Waals surface area (Å²) in [5, 5.41) is 34.1. The molecular weight excluding hydrogens is 446 g/mol. The zero-order chi connectivity index (χ0) is 23.1. The number of ether oxygens (including phenoxy) is 2. The van der Waals surface area contributed by atoms with Gasteiger partial charge in [-0.1, -0.05) is 41.0 Å². The van der Waals surface area contributed by atoms with E-state index in [9.17, 15) is 20.2 Å². The molecule has 3 N–H and O–H groups in total. The normalized spacial score (nSPS) is 35.2. The Balaban J connectivity index is 1.28. The molecule has 0 amide bonds. The van der Waals surface area contributed by atoms with Gasteiger partial charge < -0.3 is 24.8 Å². The highest BCUT2D eigenvalue weighted by atomic mass is 35.5. The van der Waals surface area contributed by atoms with Gasteiger partial charge in [0.25, 0.3) is 0 Å². The molecule has 1 aliphatic heterocycles. The van der Waals surface area contributed by atoms with Crippen LogP contribution >= 0.6 is 11.6 Å². The maximum Gasteiger partial charge on any atom is 0.119 e. The van der Waals surface area contributed by atoms with Crippen molar-refractivity contribution in [1.29, 1.82) is 0 Å². The first-order valence-electron chi connectivity index (χ1n) is 11.5. The van der Waals surface area contributed by atoms with Gasteiger partial charge in [-0.05, 0) is 72.4 Å². The number of hydrogen-bond acceptors (Lipinski definition) is 7. The van der Waals surface area contributed by atoms with E-state index in [1.165, 1.54) is 19.3 Å². The van der Waals surface area contributed by atoms with Crippen LogP contribution in [0.25, 0.3) is 0 Å². The molecule has 0 unspecified atom stereocenters. The first-order chi connectivity index (χ1) is 15.9. The molecule has 2 aromatic carbocycles. The molecule has 33 heavy (non-hydrogen) atoms. The van der Waals surface area contributed by atoms with Crippen LogP contribution < -0.4 is 4.74 Å². The van der Waals surface area contributed by atoms with Crippen molar-refractivity contribution >= 4 is 11.6 Å². The molecule has 2 saturated carbocycles. The van der Waals surface area contributed by atoms with E-state index < -0.39 is 30.5 Å². The Kier molecular flexibility index (Phi) is 6.42. The summed E-state index contributed by atoms with van der Waals surface area (Å²) in [4.78, 5) is 10.7. The second-order valence-electron chi connectivity index (χ2n) is 9.52. The van der Waals surface area contributed by atoms with Crippen molar-refractivity contribution in [3.8, 4) is 5.75 Å². The average molecular weight is 474 g/mol. The van der Waals surface area contributed by atoms with Gasteiger partial charge in [0, 0.05) is 5.02 Å². The van der Waals surface area contributed by atoms with Crippen LogP contribution in [-0.2, 0) is 11.2 Å². The molecule has 176 valence electrons. The zero-order valence-corrected chi connectivity index (χ0v) is 18.8. The number of nitroso groups, excluding NO2 is 1. The Labute approximate surface area is 197 Å². The summed E-state index contributed by atoms with van der Waals surface area (Å²) in [6, 6.07) is 13.3. The van der Waals surface area contributed by atoms with Crippen LogP contribution in [0, 0.1) is 16.7 Å². The molecule has 0 spiro atoms. The van der Waals surface area contributed by atoms with E-state index in [1.54, 1.807) is 12.1 Å². The Morgan fingerprint density at radius 3 is 2.39 bits per heavy atom. The van der Waals surface area contributed by atoms with Crippen LogP contribution in [0.3, 0.4) is 0 Å². The van der Waals surface area contributed by atoms with E-state index >= 15 is 0 Å². The van der Waals surface area contributed by atoms with Crippen LogP contribution in [0.5, 0.6) is 5.75 Å². The van der Waals surface area contributed by atoms with Crippen molar-refractivity contribution in [2.24, 2.45) is 17.0 Å². The Bertz CT molecular complexity index is 991. The Morgan fingerprint density at radius 2 is 1.70 bits per heavy atom. The highest BCUT2D eigenvalue weighted by Gasteiger charge is 2.47. The largest absolute Gasteiger partial charge is 0.490 e. The van der Waals surface area contributed by atoms with E-state index in [0.29, 0.717) is 23.1 Å². The van der Waals surface area contributed by atoms with Gasteiger partial charge in [-0.3, -0.25) is 0 Å². The van der Waals surface area contributed by atoms with E-state index in [4.69, 9.17) is 21.1 Å². The van der Waals surface area contributed by atoms with Crippen molar-refractivity contribution in [2.75, 3.05) is 6.54 Å². The van der Waals surface area contributed by atoms with Gasteiger partial charge in [0.05, 0.1) is 6.10 Å². The third-order valence-corrected chi connectivity index (χ3v) is 7.55. The van der Waals surface area contributed by atoms with E-state index in [1.807, 2.05) is 30.3 Å². The molecule has 7 nitrogen and oxygen atoms in total. The lowest BCUT2D eigenvalue weighted by Gasteiger charge is -2.40. The lowest BCUT2D eigenvalue weighted by Crippen LogP contribution is -2.55. The predicted octanol–water partition coefficient (Wildman–Crippen LogP) is 3.40. The fourth-order valence-corrected chi connectivity index (χ4v) is 5.40. The molecule has 5 rings (SSSR count). The number of nitrogens with zero attached hydrogens (tertiary/aromatic N) is 1. The van der Waals surface area contributed by atoms with Crippen LogP contribution in [-0.4, -0.2) is 52.4 Å². The number of hydrogen-bond donors (Lipinski definition) is 3. The minimum atomic E-state index is -1.45. The van der Waals surface area contributed by atoms with Gasteiger partial charge in [0.15, 0.2) is 0 Å². The Hall–Kier alpha value is -2.03. The zero-order valence-electron chi connectivity index (χ0n) is 18.1. The average Bonchev–Trinajstić information content (AvgIpc) is 3.42. The molecule has 2 aliphatic carbocycles. The van der Waals surface area contributed by atoms with Crippen molar-refractivity contribution in [3.05, 3.63) is 69.1 Å². The number of benzene rings is 2. The molecule has 1 heterocycles. The first-order valence-corrected chi connectivity index (χ1v) is 11.8. The SMILES string of the molecule is O=NC[C@H]1O[C@@H](c2ccc(Cl)c(Cc3ccc(O[C@@H]4C[C@@H]5C[C@@H]5C4)cc3)c2)[C@H](O)[C@@H](O)[C@@H]1O. The standard InChI is InChI=1S/C25H28ClNO6/c26-20-6-3-14(25-24(30)23(29)22(28)21(33-25)12-27-31)8-17(20)7-13-1-4-18(5-2-13)32-19-10-15-9-16(15)11-19/h1-6,8,15-16,19,21-25,28-30H,7,9-12H2/t15-,16+,19+,21-,22-,23+,24-,25+/m1/s1. The van der Waals surface area contributed by atoms with Gasteiger partial charge in [0.2, 0.25) is 0 Å². The molecule has 8 atom stereocenters.